The van der Waals surface area contributed by atoms with Crippen LogP contribution in [0, 0.1) is 5.82 Å². The Morgan fingerprint density at radius 2 is 2.03 bits per heavy atom. The van der Waals surface area contributed by atoms with E-state index in [1.54, 1.807) is 24.3 Å². The first-order chi connectivity index (χ1) is 15.8. The van der Waals surface area contributed by atoms with Gasteiger partial charge >= 0.3 is 0 Å². The number of ether oxygens (including phenoxy) is 2. The van der Waals surface area contributed by atoms with Gasteiger partial charge in [0.1, 0.15) is 19.0 Å². The summed E-state index contributed by atoms with van der Waals surface area (Å²) in [5.74, 6) is -0.963. The Morgan fingerprint density at radius 1 is 1.27 bits per heavy atom. The highest BCUT2D eigenvalue weighted by Gasteiger charge is 2.36. The van der Waals surface area contributed by atoms with E-state index in [4.69, 9.17) is 9.47 Å². The van der Waals surface area contributed by atoms with Crippen LogP contribution >= 0.6 is 27.7 Å². The van der Waals surface area contributed by atoms with Crippen LogP contribution in [0.1, 0.15) is 12.5 Å². The number of imide groups is 1. The third kappa shape index (κ3) is 6.02. The SMILES string of the molecule is C=CCOc1c(Br)cc(/C=C2\SC(=O)N(CC(=O)Nc3ccccc3F)C2=O)cc1OCC. The van der Waals surface area contributed by atoms with E-state index in [0.29, 0.717) is 39.9 Å². The third-order valence-corrected chi connectivity index (χ3v) is 5.79. The molecule has 10 heteroatoms. The van der Waals surface area contributed by atoms with Crippen LogP contribution in [0.5, 0.6) is 11.5 Å². The molecule has 2 aromatic rings. The molecule has 0 saturated carbocycles. The molecule has 0 aliphatic carbocycles. The van der Waals surface area contributed by atoms with Crippen molar-refractivity contribution in [2.24, 2.45) is 0 Å². The summed E-state index contributed by atoms with van der Waals surface area (Å²) in [5, 5.41) is 1.77. The fourth-order valence-corrected chi connectivity index (χ4v) is 4.31. The molecular formula is C23H20BrFN2O5S. The summed E-state index contributed by atoms with van der Waals surface area (Å²) in [4.78, 5) is 38.3. The Kier molecular flexibility index (Phi) is 8.29. The number of para-hydroxylation sites is 1. The number of benzene rings is 2. The van der Waals surface area contributed by atoms with Crippen LogP contribution in [0.15, 0.2) is 58.4 Å². The van der Waals surface area contributed by atoms with Gasteiger partial charge in [-0.2, -0.15) is 0 Å². The Balaban J connectivity index is 1.78. The van der Waals surface area contributed by atoms with Crippen molar-refractivity contribution in [3.8, 4) is 11.5 Å². The Hall–Kier alpha value is -3.11. The van der Waals surface area contributed by atoms with Crippen LogP contribution in [0.3, 0.4) is 0 Å². The maximum Gasteiger partial charge on any atom is 0.294 e. The molecule has 2 aromatic carbocycles. The quantitative estimate of drug-likeness (QED) is 0.350. The van der Waals surface area contributed by atoms with Crippen LogP contribution in [0.25, 0.3) is 6.08 Å². The van der Waals surface area contributed by atoms with Gasteiger partial charge in [0, 0.05) is 0 Å². The molecule has 1 saturated heterocycles. The highest BCUT2D eigenvalue weighted by molar-refractivity contribution is 9.10. The van der Waals surface area contributed by atoms with Crippen molar-refractivity contribution >= 4 is 56.5 Å². The molecule has 1 heterocycles. The molecule has 0 unspecified atom stereocenters. The number of anilines is 1. The number of hydrogen-bond acceptors (Lipinski definition) is 6. The minimum absolute atomic E-state index is 0.0305. The zero-order chi connectivity index (χ0) is 24.0. The van der Waals surface area contributed by atoms with Crippen molar-refractivity contribution in [1.29, 1.82) is 0 Å². The number of nitrogens with zero attached hydrogens (tertiary/aromatic N) is 1. The summed E-state index contributed by atoms with van der Waals surface area (Å²) in [6, 6.07) is 9.03. The van der Waals surface area contributed by atoms with Gasteiger partial charge in [0.15, 0.2) is 11.5 Å². The number of rotatable bonds is 9. The van der Waals surface area contributed by atoms with E-state index in [1.165, 1.54) is 24.3 Å². The lowest BCUT2D eigenvalue weighted by atomic mass is 10.2. The number of thioether (sulfide) groups is 1. The summed E-state index contributed by atoms with van der Waals surface area (Å²) >= 11 is 4.15. The van der Waals surface area contributed by atoms with Gasteiger partial charge < -0.3 is 14.8 Å². The number of carbonyl (C=O) groups is 3. The lowest BCUT2D eigenvalue weighted by Crippen LogP contribution is -2.36. The van der Waals surface area contributed by atoms with Gasteiger partial charge in [-0.1, -0.05) is 24.8 Å². The first kappa shape index (κ1) is 24.5. The second kappa shape index (κ2) is 11.2. The molecule has 1 aliphatic heterocycles. The summed E-state index contributed by atoms with van der Waals surface area (Å²) in [5.41, 5.74) is 0.565. The molecule has 0 atom stereocenters. The van der Waals surface area contributed by atoms with Crippen LogP contribution < -0.4 is 14.8 Å². The summed E-state index contributed by atoms with van der Waals surface area (Å²) in [6.45, 7) is 5.60. The largest absolute Gasteiger partial charge is 0.490 e. The second-order valence-electron chi connectivity index (χ2n) is 6.66. The first-order valence-electron chi connectivity index (χ1n) is 9.83. The molecule has 0 radical (unpaired) electrons. The lowest BCUT2D eigenvalue weighted by Gasteiger charge is -2.14. The van der Waals surface area contributed by atoms with E-state index >= 15 is 0 Å². The Morgan fingerprint density at radius 3 is 2.73 bits per heavy atom. The molecule has 7 nitrogen and oxygen atoms in total. The predicted octanol–water partition coefficient (Wildman–Crippen LogP) is 5.23. The molecule has 1 aliphatic rings. The fraction of sp³-hybridized carbons (Fsp3) is 0.174. The second-order valence-corrected chi connectivity index (χ2v) is 8.51. The monoisotopic (exact) mass is 534 g/mol. The number of amides is 3. The topological polar surface area (TPSA) is 84.9 Å². The molecule has 172 valence electrons. The van der Waals surface area contributed by atoms with Gasteiger partial charge in [-0.25, -0.2) is 4.39 Å². The number of halogens is 2. The van der Waals surface area contributed by atoms with E-state index in [9.17, 15) is 18.8 Å². The third-order valence-electron chi connectivity index (χ3n) is 4.30. The molecule has 3 amide bonds. The smallest absolute Gasteiger partial charge is 0.294 e. The van der Waals surface area contributed by atoms with E-state index in [1.807, 2.05) is 6.92 Å². The minimum atomic E-state index is -0.686. The molecular weight excluding hydrogens is 515 g/mol. The predicted molar refractivity (Wildman–Crippen MR) is 129 cm³/mol. The van der Waals surface area contributed by atoms with Gasteiger partial charge in [-0.3, -0.25) is 19.3 Å². The van der Waals surface area contributed by atoms with E-state index in [2.05, 4.69) is 27.8 Å². The summed E-state index contributed by atoms with van der Waals surface area (Å²) in [7, 11) is 0. The molecule has 0 spiro atoms. The highest BCUT2D eigenvalue weighted by Crippen LogP contribution is 2.39. The zero-order valence-corrected chi connectivity index (χ0v) is 20.0. The van der Waals surface area contributed by atoms with Gasteiger partial charge in [-0.15, -0.1) is 0 Å². The highest BCUT2D eigenvalue weighted by atomic mass is 79.9. The molecule has 1 N–H and O–H groups in total. The summed E-state index contributed by atoms with van der Waals surface area (Å²) in [6.07, 6.45) is 3.14. The van der Waals surface area contributed by atoms with Gasteiger partial charge in [0.05, 0.1) is 21.7 Å². The Labute approximate surface area is 202 Å². The van der Waals surface area contributed by atoms with Gasteiger partial charge in [-0.05, 0) is 70.5 Å². The maximum absolute atomic E-state index is 13.7. The van der Waals surface area contributed by atoms with Gasteiger partial charge in [0.25, 0.3) is 11.1 Å². The van der Waals surface area contributed by atoms with Crippen molar-refractivity contribution in [2.45, 2.75) is 6.92 Å². The molecule has 0 bridgehead atoms. The minimum Gasteiger partial charge on any atom is -0.490 e. The van der Waals surface area contributed by atoms with E-state index in [-0.39, 0.29) is 17.2 Å². The number of nitrogens with one attached hydrogen (secondary N) is 1. The standard InChI is InChI=1S/C23H20BrFN2O5S/c1-3-9-32-21-15(24)10-14(11-18(21)31-4-2)12-19-22(29)27(23(30)33-19)13-20(28)26-17-8-6-5-7-16(17)25/h3,5-8,10-12H,1,4,9,13H2,2H3,(H,26,28)/b19-12-. The summed E-state index contributed by atoms with van der Waals surface area (Å²) < 4.78 is 25.6. The lowest BCUT2D eigenvalue weighted by molar-refractivity contribution is -0.127. The molecule has 0 aromatic heterocycles. The van der Waals surface area contributed by atoms with Crippen molar-refractivity contribution in [2.75, 3.05) is 25.1 Å². The normalized spacial score (nSPS) is 14.5. The molecule has 1 fully saturated rings. The maximum atomic E-state index is 13.7. The zero-order valence-electron chi connectivity index (χ0n) is 17.6. The fourth-order valence-electron chi connectivity index (χ4n) is 2.90. The number of hydrogen-bond donors (Lipinski definition) is 1. The van der Waals surface area contributed by atoms with E-state index in [0.717, 1.165) is 4.90 Å². The molecule has 33 heavy (non-hydrogen) atoms. The van der Waals surface area contributed by atoms with Gasteiger partial charge in [0.2, 0.25) is 5.91 Å². The Bertz CT molecular complexity index is 1140. The van der Waals surface area contributed by atoms with Crippen molar-refractivity contribution in [1.82, 2.24) is 4.90 Å². The van der Waals surface area contributed by atoms with Crippen molar-refractivity contribution < 1.29 is 28.2 Å². The average Bonchev–Trinajstić information content (AvgIpc) is 3.02. The van der Waals surface area contributed by atoms with Crippen LogP contribution in [-0.4, -0.2) is 41.7 Å². The van der Waals surface area contributed by atoms with Crippen molar-refractivity contribution in [3.63, 3.8) is 0 Å². The van der Waals surface area contributed by atoms with Crippen molar-refractivity contribution in [3.05, 3.63) is 69.8 Å². The van der Waals surface area contributed by atoms with E-state index < -0.39 is 29.4 Å². The van der Waals surface area contributed by atoms with Crippen LogP contribution in [-0.2, 0) is 9.59 Å². The first-order valence-corrected chi connectivity index (χ1v) is 11.4. The average molecular weight is 535 g/mol. The van der Waals surface area contributed by atoms with Crippen LogP contribution in [0.4, 0.5) is 14.9 Å². The number of carbonyl (C=O) groups excluding carboxylic acids is 3. The van der Waals surface area contributed by atoms with Crippen LogP contribution in [0.2, 0.25) is 0 Å². The molecule has 3 rings (SSSR count).